The van der Waals surface area contributed by atoms with Crippen molar-refractivity contribution in [3.05, 3.63) is 12.2 Å². The topological polar surface area (TPSA) is 42.9 Å². The van der Waals surface area contributed by atoms with Gasteiger partial charge in [0.05, 0.1) is 7.05 Å². The zero-order valence-electron chi connectivity index (χ0n) is 6.89. The van der Waals surface area contributed by atoms with Crippen LogP contribution >= 0.6 is 0 Å². The molecule has 0 unspecified atom stereocenters. The van der Waals surface area contributed by atoms with Gasteiger partial charge in [0, 0.05) is 5.57 Å². The minimum absolute atomic E-state index is 0. The van der Waals surface area contributed by atoms with Crippen molar-refractivity contribution in [1.29, 1.82) is 0 Å². The quantitative estimate of drug-likeness (QED) is 0.247. The highest BCUT2D eigenvalue weighted by molar-refractivity contribution is 5.86. The van der Waals surface area contributed by atoms with Crippen molar-refractivity contribution in [1.82, 2.24) is 0 Å². The number of esters is 1. The van der Waals surface area contributed by atoms with Gasteiger partial charge in [-0.15, -0.1) is 0 Å². The summed E-state index contributed by atoms with van der Waals surface area (Å²) in [4.78, 5) is 10.7. The van der Waals surface area contributed by atoms with Gasteiger partial charge in [-0.05, 0) is 6.92 Å². The van der Waals surface area contributed by atoms with E-state index in [0.717, 1.165) is 6.54 Å². The zero-order valence-corrected chi connectivity index (χ0v) is 9.05. The molecule has 0 atom stereocenters. The lowest BCUT2D eigenvalue weighted by Crippen LogP contribution is -3.00. The molecule has 0 radical (unpaired) electrons. The van der Waals surface area contributed by atoms with Crippen LogP contribution in [0.2, 0.25) is 0 Å². The van der Waals surface area contributed by atoms with Crippen LogP contribution in [0.15, 0.2) is 12.2 Å². The van der Waals surface area contributed by atoms with E-state index in [0.29, 0.717) is 12.2 Å². The Balaban J connectivity index is 0. The van der Waals surface area contributed by atoms with Crippen LogP contribution in [0.1, 0.15) is 6.92 Å². The van der Waals surface area contributed by atoms with Crippen molar-refractivity contribution in [2.75, 3.05) is 20.2 Å². The molecule has 0 aromatic carbocycles. The van der Waals surface area contributed by atoms with Crippen molar-refractivity contribution in [3.63, 3.8) is 0 Å². The fourth-order valence-electron chi connectivity index (χ4n) is 0.393. The molecule has 2 N–H and O–H groups in total. The predicted molar refractivity (Wildman–Crippen MR) is 38.5 cm³/mol. The Bertz CT molecular complexity index is 136. The third kappa shape index (κ3) is 7.80. The number of rotatable bonds is 4. The fourth-order valence-corrected chi connectivity index (χ4v) is 0.393. The first kappa shape index (κ1) is 13.5. The number of nitrogens with two attached hydrogens (primary N) is 1. The van der Waals surface area contributed by atoms with E-state index in [2.05, 4.69) is 6.58 Å². The lowest BCUT2D eigenvalue weighted by Gasteiger charge is -2.00. The van der Waals surface area contributed by atoms with Gasteiger partial charge in [0.2, 0.25) is 0 Å². The van der Waals surface area contributed by atoms with E-state index >= 15 is 0 Å². The molecule has 0 saturated heterocycles. The third-order valence-corrected chi connectivity index (χ3v) is 0.988. The van der Waals surface area contributed by atoms with Crippen molar-refractivity contribution >= 4 is 5.97 Å². The zero-order chi connectivity index (χ0) is 7.98. The van der Waals surface area contributed by atoms with Gasteiger partial charge in [-0.3, -0.25) is 0 Å². The average Bonchev–Trinajstić information content (AvgIpc) is 1.88. The second-order valence-corrected chi connectivity index (χ2v) is 2.11. The number of carbonyl (C=O) groups excluding carboxylic acids is 1. The summed E-state index contributed by atoms with van der Waals surface area (Å²) in [6.07, 6.45) is 0. The Morgan fingerprint density at radius 1 is 1.64 bits per heavy atom. The molecule has 0 aliphatic heterocycles. The molecule has 0 spiro atoms. The van der Waals surface area contributed by atoms with E-state index < -0.39 is 0 Å². The number of halogens is 1. The molecular weight excluding hydrogens is 257 g/mol. The molecule has 0 saturated carbocycles. The molecule has 0 aromatic rings. The largest absolute Gasteiger partial charge is 1.00 e. The summed E-state index contributed by atoms with van der Waals surface area (Å²) >= 11 is 0. The minimum atomic E-state index is -0.304. The maximum Gasteiger partial charge on any atom is 0.333 e. The first-order valence-electron chi connectivity index (χ1n) is 3.29. The number of hydrogen-bond acceptors (Lipinski definition) is 2. The maximum absolute atomic E-state index is 10.7. The molecule has 0 aliphatic carbocycles. The Morgan fingerprint density at radius 2 is 2.18 bits per heavy atom. The second kappa shape index (κ2) is 8.00. The van der Waals surface area contributed by atoms with Crippen LogP contribution in [0, 0.1) is 0 Å². The van der Waals surface area contributed by atoms with Crippen molar-refractivity contribution < 1.29 is 38.8 Å². The summed E-state index contributed by atoms with van der Waals surface area (Å²) in [5, 5.41) is 1.95. The Kier molecular flexibility index (Phi) is 9.81. The number of quaternary nitrogens is 1. The van der Waals surface area contributed by atoms with E-state index in [1.165, 1.54) is 0 Å². The summed E-state index contributed by atoms with van der Waals surface area (Å²) in [5.41, 5.74) is 0.455. The molecule has 3 nitrogen and oxygen atoms in total. The minimum Gasteiger partial charge on any atom is -1.00 e. The Hall–Kier alpha value is -0.100. The van der Waals surface area contributed by atoms with Gasteiger partial charge >= 0.3 is 5.97 Å². The van der Waals surface area contributed by atoms with Crippen LogP contribution in [-0.2, 0) is 9.53 Å². The highest BCUT2D eigenvalue weighted by Crippen LogP contribution is 1.89. The highest BCUT2D eigenvalue weighted by atomic mass is 127. The lowest BCUT2D eigenvalue weighted by atomic mass is 10.4. The van der Waals surface area contributed by atoms with Crippen LogP contribution < -0.4 is 29.3 Å². The van der Waals surface area contributed by atoms with E-state index in [-0.39, 0.29) is 29.9 Å². The summed E-state index contributed by atoms with van der Waals surface area (Å²) < 4.78 is 4.77. The van der Waals surface area contributed by atoms with Gasteiger partial charge in [0.25, 0.3) is 0 Å². The van der Waals surface area contributed by atoms with Crippen LogP contribution in [0.25, 0.3) is 0 Å². The normalized spacial score (nSPS) is 8.18. The van der Waals surface area contributed by atoms with Gasteiger partial charge in [-0.2, -0.15) is 0 Å². The van der Waals surface area contributed by atoms with Gasteiger partial charge in [-0.1, -0.05) is 6.58 Å². The summed E-state index contributed by atoms with van der Waals surface area (Å²) in [6.45, 7) is 6.35. The summed E-state index contributed by atoms with van der Waals surface area (Å²) in [7, 11) is 1.93. The SMILES string of the molecule is C=C(C)C(=O)OCC[NH2+]C.[I-]. The van der Waals surface area contributed by atoms with Crippen molar-refractivity contribution in [2.45, 2.75) is 6.92 Å². The average molecular weight is 271 g/mol. The molecule has 0 aliphatic rings. The third-order valence-electron chi connectivity index (χ3n) is 0.988. The molecule has 4 heteroatoms. The Morgan fingerprint density at radius 3 is 2.55 bits per heavy atom. The molecule has 0 fully saturated rings. The standard InChI is InChI=1S/C7H13NO2.HI/c1-6(2)7(9)10-5-4-8-3;/h8H,1,4-5H2,2-3H3;1H. The predicted octanol–water partition coefficient (Wildman–Crippen LogP) is -3.70. The smallest absolute Gasteiger partial charge is 0.333 e. The van der Waals surface area contributed by atoms with Gasteiger partial charge < -0.3 is 34.0 Å². The number of carbonyl (C=O) groups is 1. The highest BCUT2D eigenvalue weighted by Gasteiger charge is 2.01. The van der Waals surface area contributed by atoms with E-state index in [1.54, 1.807) is 6.92 Å². The molecule has 0 rings (SSSR count). The van der Waals surface area contributed by atoms with E-state index in [9.17, 15) is 4.79 Å². The molecule has 11 heavy (non-hydrogen) atoms. The van der Waals surface area contributed by atoms with Crippen molar-refractivity contribution in [3.8, 4) is 0 Å². The molecule has 0 aromatic heterocycles. The summed E-state index contributed by atoms with van der Waals surface area (Å²) in [6, 6.07) is 0. The molecule has 0 bridgehead atoms. The van der Waals surface area contributed by atoms with Gasteiger partial charge in [-0.25, -0.2) is 4.79 Å². The summed E-state index contributed by atoms with van der Waals surface area (Å²) in [5.74, 6) is -0.304. The Labute approximate surface area is 84.2 Å². The lowest BCUT2D eigenvalue weighted by molar-refractivity contribution is -0.628. The molecule has 66 valence electrons. The van der Waals surface area contributed by atoms with E-state index in [4.69, 9.17) is 4.74 Å². The van der Waals surface area contributed by atoms with Crippen LogP contribution in [0.4, 0.5) is 0 Å². The number of hydrogen-bond donors (Lipinski definition) is 1. The molecule has 0 heterocycles. The first-order valence-corrected chi connectivity index (χ1v) is 3.29. The van der Waals surface area contributed by atoms with Crippen LogP contribution in [0.5, 0.6) is 0 Å². The maximum atomic E-state index is 10.7. The first-order chi connectivity index (χ1) is 4.68. The van der Waals surface area contributed by atoms with Gasteiger partial charge in [0.1, 0.15) is 13.2 Å². The number of likely N-dealkylation sites (N-methyl/N-ethyl adjacent to an activating group) is 1. The monoisotopic (exact) mass is 271 g/mol. The molecular formula is C7H14INO2. The molecule has 0 amide bonds. The van der Waals surface area contributed by atoms with Crippen LogP contribution in [-0.4, -0.2) is 26.2 Å². The fraction of sp³-hybridized carbons (Fsp3) is 0.571. The van der Waals surface area contributed by atoms with Gasteiger partial charge in [0.15, 0.2) is 0 Å². The second-order valence-electron chi connectivity index (χ2n) is 2.11. The van der Waals surface area contributed by atoms with Crippen molar-refractivity contribution in [2.24, 2.45) is 0 Å². The number of ether oxygens (including phenoxy) is 1. The van der Waals surface area contributed by atoms with E-state index in [1.807, 2.05) is 12.4 Å². The van der Waals surface area contributed by atoms with Crippen LogP contribution in [0.3, 0.4) is 0 Å².